The van der Waals surface area contributed by atoms with Gasteiger partial charge in [-0.1, -0.05) is 30.3 Å². The normalized spacial score (nSPS) is 16.8. The second-order valence-corrected chi connectivity index (χ2v) is 7.50. The molecular formula is C20H27N3OS. The summed E-state index contributed by atoms with van der Waals surface area (Å²) in [5.41, 5.74) is 1.34. The number of piperazine rings is 1. The molecule has 1 aromatic carbocycles. The highest BCUT2D eigenvalue weighted by atomic mass is 32.2. The van der Waals surface area contributed by atoms with Crippen molar-refractivity contribution in [2.24, 2.45) is 0 Å². The first kappa shape index (κ1) is 18.1. The van der Waals surface area contributed by atoms with Gasteiger partial charge < -0.3 is 9.47 Å². The maximum Gasteiger partial charge on any atom is 0.245 e. The lowest BCUT2D eigenvalue weighted by Gasteiger charge is -2.36. The van der Waals surface area contributed by atoms with Crippen molar-refractivity contribution in [3.8, 4) is 0 Å². The highest BCUT2D eigenvalue weighted by Crippen LogP contribution is 2.19. The molecule has 0 N–H and O–H groups in total. The van der Waals surface area contributed by atoms with Crippen molar-refractivity contribution in [2.45, 2.75) is 19.0 Å². The van der Waals surface area contributed by atoms with E-state index in [4.69, 9.17) is 0 Å². The predicted molar refractivity (Wildman–Crippen MR) is 105 cm³/mol. The number of aromatic nitrogens is 1. The average Bonchev–Trinajstić information content (AvgIpc) is 3.18. The molecule has 3 rings (SSSR count). The Morgan fingerprint density at radius 2 is 1.72 bits per heavy atom. The minimum atomic E-state index is -0.0666. The highest BCUT2D eigenvalue weighted by molar-refractivity contribution is 7.98. The minimum absolute atomic E-state index is 0.0666. The lowest BCUT2D eigenvalue weighted by Crippen LogP contribution is -2.50. The molecule has 1 aliphatic heterocycles. The largest absolute Gasteiger partial charge is 0.342 e. The number of rotatable bonds is 7. The van der Waals surface area contributed by atoms with Crippen LogP contribution in [0.25, 0.3) is 0 Å². The van der Waals surface area contributed by atoms with Crippen molar-refractivity contribution >= 4 is 17.7 Å². The van der Waals surface area contributed by atoms with E-state index in [1.165, 1.54) is 5.56 Å². The van der Waals surface area contributed by atoms with E-state index in [-0.39, 0.29) is 11.9 Å². The van der Waals surface area contributed by atoms with Crippen LogP contribution in [0, 0.1) is 0 Å². The van der Waals surface area contributed by atoms with Crippen molar-refractivity contribution < 1.29 is 4.79 Å². The van der Waals surface area contributed by atoms with Crippen molar-refractivity contribution in [1.82, 2.24) is 14.4 Å². The molecule has 1 saturated heterocycles. The number of amides is 1. The van der Waals surface area contributed by atoms with Crippen molar-refractivity contribution in [3.05, 3.63) is 60.4 Å². The molecule has 25 heavy (non-hydrogen) atoms. The molecule has 0 radical (unpaired) electrons. The molecule has 1 atom stereocenters. The van der Waals surface area contributed by atoms with Crippen LogP contribution in [0.5, 0.6) is 0 Å². The van der Waals surface area contributed by atoms with Crippen LogP contribution in [-0.2, 0) is 11.3 Å². The smallest absolute Gasteiger partial charge is 0.245 e. The van der Waals surface area contributed by atoms with Gasteiger partial charge in [0.1, 0.15) is 6.04 Å². The Morgan fingerprint density at radius 3 is 2.36 bits per heavy atom. The molecule has 0 bridgehead atoms. The lowest BCUT2D eigenvalue weighted by atomic mass is 10.1. The summed E-state index contributed by atoms with van der Waals surface area (Å²) in [5, 5.41) is 0. The summed E-state index contributed by atoms with van der Waals surface area (Å²) in [7, 11) is 0. The van der Waals surface area contributed by atoms with E-state index in [1.54, 1.807) is 11.8 Å². The summed E-state index contributed by atoms with van der Waals surface area (Å²) < 4.78 is 2.06. The third kappa shape index (κ3) is 4.89. The Morgan fingerprint density at radius 1 is 1.04 bits per heavy atom. The second kappa shape index (κ2) is 9.11. The zero-order chi connectivity index (χ0) is 17.5. The van der Waals surface area contributed by atoms with Crippen LogP contribution < -0.4 is 0 Å². The van der Waals surface area contributed by atoms with Gasteiger partial charge >= 0.3 is 0 Å². The molecule has 0 spiro atoms. The van der Waals surface area contributed by atoms with Crippen molar-refractivity contribution in [3.63, 3.8) is 0 Å². The summed E-state index contributed by atoms with van der Waals surface area (Å²) in [5.74, 6) is 1.27. The van der Waals surface area contributed by atoms with Crippen LogP contribution >= 0.6 is 11.8 Å². The summed E-state index contributed by atoms with van der Waals surface area (Å²) in [4.78, 5) is 17.5. The fourth-order valence-electron chi connectivity index (χ4n) is 3.36. The Kier molecular flexibility index (Phi) is 6.59. The highest BCUT2D eigenvalue weighted by Gasteiger charge is 2.27. The molecule has 1 fully saturated rings. The number of hydrogen-bond acceptors (Lipinski definition) is 3. The van der Waals surface area contributed by atoms with Gasteiger partial charge in [-0.15, -0.1) is 0 Å². The van der Waals surface area contributed by atoms with E-state index >= 15 is 0 Å². The molecular weight excluding hydrogens is 330 g/mol. The first-order valence-electron chi connectivity index (χ1n) is 8.94. The summed E-state index contributed by atoms with van der Waals surface area (Å²) in [6, 6.07) is 14.5. The Bertz CT molecular complexity index is 636. The van der Waals surface area contributed by atoms with Gasteiger partial charge in [-0.25, -0.2) is 0 Å². The van der Waals surface area contributed by atoms with Gasteiger partial charge in [-0.05, 0) is 36.1 Å². The van der Waals surface area contributed by atoms with Crippen LogP contribution in [0.4, 0.5) is 0 Å². The third-order valence-corrected chi connectivity index (χ3v) is 5.44. The molecule has 1 aromatic heterocycles. The van der Waals surface area contributed by atoms with Gasteiger partial charge in [0.15, 0.2) is 0 Å². The van der Waals surface area contributed by atoms with Crippen LogP contribution in [-0.4, -0.2) is 58.5 Å². The number of thioether (sulfide) groups is 1. The SMILES string of the molecule is CSCCC(C(=O)N1CCN(Cc2ccccc2)CC1)n1cccc1. The Hall–Kier alpha value is -1.72. The van der Waals surface area contributed by atoms with Gasteiger partial charge in [0.25, 0.3) is 0 Å². The minimum Gasteiger partial charge on any atom is -0.342 e. The summed E-state index contributed by atoms with van der Waals surface area (Å²) >= 11 is 1.80. The molecule has 1 aliphatic rings. The zero-order valence-corrected chi connectivity index (χ0v) is 15.7. The molecule has 134 valence electrons. The van der Waals surface area contributed by atoms with E-state index in [0.717, 1.165) is 44.9 Å². The second-order valence-electron chi connectivity index (χ2n) is 6.51. The van der Waals surface area contributed by atoms with Gasteiger partial charge in [0, 0.05) is 45.1 Å². The number of benzene rings is 1. The number of hydrogen-bond donors (Lipinski definition) is 0. The fraction of sp³-hybridized carbons (Fsp3) is 0.450. The maximum atomic E-state index is 13.0. The van der Waals surface area contributed by atoms with Crippen molar-refractivity contribution in [1.29, 1.82) is 0 Å². The lowest BCUT2D eigenvalue weighted by molar-refractivity contribution is -0.136. The standard InChI is InChI=1S/C20H27N3OS/c1-25-16-9-19(22-10-5-6-11-22)20(24)23-14-12-21(13-15-23)17-18-7-3-2-4-8-18/h2-8,10-11,19H,9,12-17H2,1H3. The summed E-state index contributed by atoms with van der Waals surface area (Å²) in [6.45, 7) is 4.50. The quantitative estimate of drug-likeness (QED) is 0.762. The zero-order valence-electron chi connectivity index (χ0n) is 14.9. The topological polar surface area (TPSA) is 28.5 Å². The Balaban J connectivity index is 1.56. The molecule has 1 amide bonds. The van der Waals surface area contributed by atoms with Crippen molar-refractivity contribution in [2.75, 3.05) is 38.2 Å². The molecule has 2 aromatic rings. The number of carbonyl (C=O) groups excluding carboxylic acids is 1. The predicted octanol–water partition coefficient (Wildman–Crippen LogP) is 3.13. The fourth-order valence-corrected chi connectivity index (χ4v) is 3.82. The van der Waals surface area contributed by atoms with Gasteiger partial charge in [0.05, 0.1) is 0 Å². The van der Waals surface area contributed by atoms with E-state index in [2.05, 4.69) is 46.1 Å². The maximum absolute atomic E-state index is 13.0. The summed E-state index contributed by atoms with van der Waals surface area (Å²) in [6.07, 6.45) is 7.00. The molecule has 0 aliphatic carbocycles. The molecule has 0 saturated carbocycles. The van der Waals surface area contributed by atoms with Crippen LogP contribution in [0.15, 0.2) is 54.9 Å². The monoisotopic (exact) mass is 357 g/mol. The van der Waals surface area contributed by atoms with E-state index in [0.29, 0.717) is 0 Å². The molecule has 2 heterocycles. The average molecular weight is 358 g/mol. The first-order valence-corrected chi connectivity index (χ1v) is 10.3. The van der Waals surface area contributed by atoms with E-state index in [1.807, 2.05) is 29.4 Å². The van der Waals surface area contributed by atoms with E-state index < -0.39 is 0 Å². The van der Waals surface area contributed by atoms with Gasteiger partial charge in [-0.3, -0.25) is 9.69 Å². The van der Waals surface area contributed by atoms with Gasteiger partial charge in [0.2, 0.25) is 5.91 Å². The van der Waals surface area contributed by atoms with Crippen LogP contribution in [0.3, 0.4) is 0 Å². The molecule has 4 nitrogen and oxygen atoms in total. The third-order valence-electron chi connectivity index (χ3n) is 4.80. The number of nitrogens with zero attached hydrogens (tertiary/aromatic N) is 3. The van der Waals surface area contributed by atoms with Crippen LogP contribution in [0.2, 0.25) is 0 Å². The number of carbonyl (C=O) groups is 1. The first-order chi connectivity index (χ1) is 12.3. The van der Waals surface area contributed by atoms with Gasteiger partial charge in [-0.2, -0.15) is 11.8 Å². The molecule has 5 heteroatoms. The molecule has 1 unspecified atom stereocenters. The van der Waals surface area contributed by atoms with E-state index in [9.17, 15) is 4.79 Å². The Labute approximate surface area is 154 Å². The van der Waals surface area contributed by atoms with Crippen LogP contribution in [0.1, 0.15) is 18.0 Å².